The number of methoxy groups -OCH3 is 1. The Balaban J connectivity index is 1.64. The molecule has 4 rings (SSSR count). The Morgan fingerprint density at radius 3 is 2.66 bits per heavy atom. The quantitative estimate of drug-likeness (QED) is 0.247. The van der Waals surface area contributed by atoms with Crippen molar-refractivity contribution in [2.24, 2.45) is 0 Å². The van der Waals surface area contributed by atoms with Crippen molar-refractivity contribution < 1.29 is 19.4 Å². The first-order valence-electron chi connectivity index (χ1n) is 10.9. The number of rotatable bonds is 9. The third kappa shape index (κ3) is 5.25. The van der Waals surface area contributed by atoms with Crippen molar-refractivity contribution in [3.8, 4) is 5.88 Å². The van der Waals surface area contributed by atoms with Crippen LogP contribution < -0.4 is 10.1 Å². The highest BCUT2D eigenvalue weighted by Crippen LogP contribution is 2.27. The second kappa shape index (κ2) is 10.3. The van der Waals surface area contributed by atoms with Gasteiger partial charge in [0, 0.05) is 36.2 Å². The average Bonchev–Trinajstić information content (AvgIpc) is 3.27. The summed E-state index contributed by atoms with van der Waals surface area (Å²) in [7, 11) is 1.44. The molecule has 0 unspecified atom stereocenters. The minimum absolute atomic E-state index is 0.0308. The molecule has 0 radical (unpaired) electrons. The van der Waals surface area contributed by atoms with Crippen molar-refractivity contribution >= 4 is 28.0 Å². The topological polar surface area (TPSA) is 148 Å². The van der Waals surface area contributed by atoms with E-state index in [9.17, 15) is 9.90 Å². The zero-order valence-electron chi connectivity index (χ0n) is 19.5. The van der Waals surface area contributed by atoms with Crippen molar-refractivity contribution in [2.75, 3.05) is 13.7 Å². The Hall–Kier alpha value is -4.38. The highest BCUT2D eigenvalue weighted by molar-refractivity contribution is 6.05. The fraction of sp³-hybridized carbons (Fsp3) is 0.250. The standard InChI is InChI=1S/C24H25N7O4/c1-14(2)27-23(33)15-8-9-16(26-11-15)12-35-24-19-7-5-4-6-18(19)21-28-29-22(31(21)30-24)20(25)10-17(32)13-34-3/h4-11,14,25,32H,12-13H2,1-3H3,(H,27,33)/b17-10-,25-20?. The van der Waals surface area contributed by atoms with E-state index in [2.05, 4.69) is 25.6 Å². The number of aromatic nitrogens is 5. The number of aliphatic hydroxyl groups excluding tert-OH is 1. The molecule has 0 aliphatic heterocycles. The Bertz CT molecular complexity index is 1410. The number of ether oxygens (including phenoxy) is 2. The van der Waals surface area contributed by atoms with E-state index in [4.69, 9.17) is 14.9 Å². The molecule has 1 amide bonds. The zero-order chi connectivity index (χ0) is 24.9. The summed E-state index contributed by atoms with van der Waals surface area (Å²) in [5, 5.41) is 35.3. The van der Waals surface area contributed by atoms with Gasteiger partial charge in [0.2, 0.25) is 11.7 Å². The van der Waals surface area contributed by atoms with Crippen LogP contribution in [0.25, 0.3) is 16.4 Å². The van der Waals surface area contributed by atoms with Crippen LogP contribution in [0.2, 0.25) is 0 Å². The number of nitrogens with zero attached hydrogens (tertiary/aromatic N) is 5. The molecular formula is C24H25N7O4. The van der Waals surface area contributed by atoms with Gasteiger partial charge in [-0.1, -0.05) is 18.2 Å². The lowest BCUT2D eigenvalue weighted by molar-refractivity contribution is 0.0942. The molecule has 0 bridgehead atoms. The fourth-order valence-corrected chi connectivity index (χ4v) is 3.38. The number of aliphatic hydroxyl groups is 1. The van der Waals surface area contributed by atoms with E-state index in [-0.39, 0.29) is 42.5 Å². The number of nitrogens with one attached hydrogen (secondary N) is 2. The van der Waals surface area contributed by atoms with Crippen LogP contribution in [0, 0.1) is 5.41 Å². The molecule has 1 aromatic carbocycles. The predicted octanol–water partition coefficient (Wildman–Crippen LogP) is 2.85. The van der Waals surface area contributed by atoms with E-state index >= 15 is 0 Å². The normalized spacial score (nSPS) is 11.8. The van der Waals surface area contributed by atoms with E-state index in [0.717, 1.165) is 10.8 Å². The molecule has 4 aromatic rings. The van der Waals surface area contributed by atoms with Crippen LogP contribution in [0.5, 0.6) is 5.88 Å². The first kappa shape index (κ1) is 23.8. The third-order valence-corrected chi connectivity index (χ3v) is 4.94. The third-order valence-electron chi connectivity index (χ3n) is 4.94. The summed E-state index contributed by atoms with van der Waals surface area (Å²) in [4.78, 5) is 16.5. The van der Waals surface area contributed by atoms with Gasteiger partial charge in [-0.3, -0.25) is 15.2 Å². The molecule has 0 aliphatic rings. The average molecular weight is 476 g/mol. The first-order valence-corrected chi connectivity index (χ1v) is 10.9. The summed E-state index contributed by atoms with van der Waals surface area (Å²) in [5.41, 5.74) is 1.44. The van der Waals surface area contributed by atoms with Crippen LogP contribution in [0.1, 0.15) is 35.7 Å². The van der Waals surface area contributed by atoms with Crippen LogP contribution in [-0.2, 0) is 11.3 Å². The van der Waals surface area contributed by atoms with Gasteiger partial charge in [0.1, 0.15) is 24.7 Å². The van der Waals surface area contributed by atoms with Gasteiger partial charge in [-0.15, -0.1) is 15.3 Å². The highest BCUT2D eigenvalue weighted by atomic mass is 16.5. The smallest absolute Gasteiger partial charge is 0.253 e. The highest BCUT2D eigenvalue weighted by Gasteiger charge is 2.17. The second-order valence-corrected chi connectivity index (χ2v) is 8.05. The Morgan fingerprint density at radius 1 is 1.20 bits per heavy atom. The second-order valence-electron chi connectivity index (χ2n) is 8.05. The molecule has 35 heavy (non-hydrogen) atoms. The molecule has 11 nitrogen and oxygen atoms in total. The molecule has 3 N–H and O–H groups in total. The van der Waals surface area contributed by atoms with Crippen LogP contribution in [0.3, 0.4) is 0 Å². The molecule has 0 saturated heterocycles. The number of hydrogen-bond acceptors (Lipinski definition) is 9. The Kier molecular flexibility index (Phi) is 6.97. The van der Waals surface area contributed by atoms with Crippen molar-refractivity contribution in [1.82, 2.24) is 30.1 Å². The largest absolute Gasteiger partial charge is 0.510 e. The molecule has 0 fully saturated rings. The molecule has 3 heterocycles. The summed E-state index contributed by atoms with van der Waals surface area (Å²) in [6, 6.07) is 10.9. The van der Waals surface area contributed by atoms with Crippen molar-refractivity contribution in [2.45, 2.75) is 26.5 Å². The number of carbonyl (C=O) groups is 1. The molecule has 0 atom stereocenters. The Morgan fingerprint density at radius 2 is 1.97 bits per heavy atom. The Labute approximate surface area is 200 Å². The van der Waals surface area contributed by atoms with E-state index < -0.39 is 0 Å². The van der Waals surface area contributed by atoms with Crippen LogP contribution in [0.4, 0.5) is 0 Å². The number of carbonyl (C=O) groups excluding carboxylic acids is 1. The van der Waals surface area contributed by atoms with Crippen LogP contribution >= 0.6 is 0 Å². The SMILES string of the molecule is COC/C(O)=C/C(=N)c1nnc2c3ccccc3c(OCc3ccc(C(=O)NC(C)C)cn3)nn12. The van der Waals surface area contributed by atoms with Gasteiger partial charge in [-0.2, -0.15) is 4.52 Å². The number of pyridine rings is 1. The predicted molar refractivity (Wildman–Crippen MR) is 129 cm³/mol. The maximum absolute atomic E-state index is 12.1. The summed E-state index contributed by atoms with van der Waals surface area (Å²) in [6.07, 6.45) is 2.74. The number of allylic oxidation sites excluding steroid dienone is 1. The molecule has 3 aromatic heterocycles. The van der Waals surface area contributed by atoms with E-state index in [1.54, 1.807) is 12.1 Å². The van der Waals surface area contributed by atoms with Gasteiger partial charge >= 0.3 is 0 Å². The van der Waals surface area contributed by atoms with Gasteiger partial charge in [-0.25, -0.2) is 0 Å². The van der Waals surface area contributed by atoms with E-state index in [0.29, 0.717) is 22.8 Å². The summed E-state index contributed by atoms with van der Waals surface area (Å²) >= 11 is 0. The summed E-state index contributed by atoms with van der Waals surface area (Å²) < 4.78 is 12.3. The van der Waals surface area contributed by atoms with Crippen LogP contribution in [-0.4, -0.2) is 61.3 Å². The lowest BCUT2D eigenvalue weighted by atomic mass is 10.2. The zero-order valence-corrected chi connectivity index (χ0v) is 19.5. The lowest BCUT2D eigenvalue weighted by Crippen LogP contribution is -2.30. The van der Waals surface area contributed by atoms with Gasteiger partial charge in [0.25, 0.3) is 5.91 Å². The molecule has 0 spiro atoms. The fourth-order valence-electron chi connectivity index (χ4n) is 3.38. The number of amides is 1. The molecule has 0 aliphatic carbocycles. The van der Waals surface area contributed by atoms with E-state index in [1.165, 1.54) is 23.9 Å². The van der Waals surface area contributed by atoms with Crippen molar-refractivity contribution in [3.05, 3.63) is 71.5 Å². The van der Waals surface area contributed by atoms with Gasteiger partial charge in [-0.05, 0) is 32.0 Å². The van der Waals surface area contributed by atoms with E-state index in [1.807, 2.05) is 38.1 Å². The molecule has 0 saturated carbocycles. The minimum Gasteiger partial charge on any atom is -0.510 e. The number of fused-ring (bicyclic) bond motifs is 3. The minimum atomic E-state index is -0.189. The van der Waals surface area contributed by atoms with Crippen LogP contribution in [0.15, 0.2) is 54.4 Å². The van der Waals surface area contributed by atoms with Crippen molar-refractivity contribution in [3.63, 3.8) is 0 Å². The van der Waals surface area contributed by atoms with Gasteiger partial charge in [0.05, 0.1) is 11.3 Å². The molecule has 11 heteroatoms. The number of hydrogen-bond donors (Lipinski definition) is 3. The maximum Gasteiger partial charge on any atom is 0.253 e. The van der Waals surface area contributed by atoms with Crippen molar-refractivity contribution in [1.29, 1.82) is 5.41 Å². The first-order chi connectivity index (χ1) is 16.9. The van der Waals surface area contributed by atoms with Gasteiger partial charge in [0.15, 0.2) is 5.65 Å². The number of benzene rings is 1. The summed E-state index contributed by atoms with van der Waals surface area (Å²) in [5.74, 6) is 0.127. The van der Waals surface area contributed by atoms with Gasteiger partial charge < -0.3 is 19.9 Å². The lowest BCUT2D eigenvalue weighted by Gasteiger charge is -2.11. The monoisotopic (exact) mass is 475 g/mol. The maximum atomic E-state index is 12.1. The molecular weight excluding hydrogens is 450 g/mol. The summed E-state index contributed by atoms with van der Waals surface area (Å²) in [6.45, 7) is 3.86. The molecule has 180 valence electrons.